The second kappa shape index (κ2) is 4.10. The van der Waals surface area contributed by atoms with Crippen molar-refractivity contribution in [1.29, 1.82) is 5.26 Å². The molecule has 0 aliphatic carbocycles. The van der Waals surface area contributed by atoms with Crippen LogP contribution in [0.25, 0.3) is 0 Å². The van der Waals surface area contributed by atoms with Crippen LogP contribution in [-0.2, 0) is 4.79 Å². The van der Waals surface area contributed by atoms with E-state index in [1.165, 1.54) is 0 Å². The standard InChI is InChI=1S/C13H15N3O/c1-13(12(15)17)6-7-16(9-13)11-5-3-2-4-10(11)8-14/h2-5H,6-7,9H2,1H3,(H2,15,17). The number of carbonyl (C=O) groups excluding carboxylic acids is 1. The highest BCUT2D eigenvalue weighted by molar-refractivity contribution is 5.82. The average Bonchev–Trinajstić information content (AvgIpc) is 2.73. The summed E-state index contributed by atoms with van der Waals surface area (Å²) in [7, 11) is 0. The Labute approximate surface area is 101 Å². The van der Waals surface area contributed by atoms with Gasteiger partial charge in [-0.05, 0) is 25.5 Å². The number of anilines is 1. The second-order valence-corrected chi connectivity index (χ2v) is 4.73. The second-order valence-electron chi connectivity index (χ2n) is 4.73. The zero-order valence-electron chi connectivity index (χ0n) is 9.81. The summed E-state index contributed by atoms with van der Waals surface area (Å²) in [6, 6.07) is 9.60. The van der Waals surface area contributed by atoms with Crippen LogP contribution in [0.2, 0.25) is 0 Å². The highest BCUT2D eigenvalue weighted by Gasteiger charge is 2.39. The van der Waals surface area contributed by atoms with E-state index in [0.29, 0.717) is 12.1 Å². The SMILES string of the molecule is CC1(C(N)=O)CCN(c2ccccc2C#N)C1. The molecule has 1 aliphatic rings. The Morgan fingerprint density at radius 1 is 1.53 bits per heavy atom. The summed E-state index contributed by atoms with van der Waals surface area (Å²) >= 11 is 0. The van der Waals surface area contributed by atoms with Crippen molar-refractivity contribution >= 4 is 11.6 Å². The molecular formula is C13H15N3O. The quantitative estimate of drug-likeness (QED) is 0.830. The molecular weight excluding hydrogens is 214 g/mol. The number of carbonyl (C=O) groups is 1. The molecule has 1 aromatic rings. The molecule has 0 spiro atoms. The molecule has 1 aromatic carbocycles. The van der Waals surface area contributed by atoms with Crippen molar-refractivity contribution in [2.75, 3.05) is 18.0 Å². The number of amides is 1. The Balaban J connectivity index is 2.27. The predicted molar refractivity (Wildman–Crippen MR) is 65.3 cm³/mol. The monoisotopic (exact) mass is 229 g/mol. The fourth-order valence-electron chi connectivity index (χ4n) is 2.21. The van der Waals surface area contributed by atoms with E-state index in [0.717, 1.165) is 18.7 Å². The van der Waals surface area contributed by atoms with Crippen LogP contribution in [0.3, 0.4) is 0 Å². The lowest BCUT2D eigenvalue weighted by molar-refractivity contribution is -0.125. The van der Waals surface area contributed by atoms with Crippen LogP contribution in [0.1, 0.15) is 18.9 Å². The van der Waals surface area contributed by atoms with Gasteiger partial charge in [-0.15, -0.1) is 0 Å². The molecule has 4 heteroatoms. The minimum Gasteiger partial charge on any atom is -0.369 e. The van der Waals surface area contributed by atoms with Crippen molar-refractivity contribution in [3.8, 4) is 6.07 Å². The van der Waals surface area contributed by atoms with E-state index in [1.54, 1.807) is 6.07 Å². The molecule has 2 N–H and O–H groups in total. The molecule has 1 atom stereocenters. The Hall–Kier alpha value is -2.02. The fraction of sp³-hybridized carbons (Fsp3) is 0.385. The summed E-state index contributed by atoms with van der Waals surface area (Å²) in [6.07, 6.45) is 0.738. The predicted octanol–water partition coefficient (Wildman–Crippen LogP) is 1.26. The van der Waals surface area contributed by atoms with Crippen molar-refractivity contribution in [3.05, 3.63) is 29.8 Å². The van der Waals surface area contributed by atoms with E-state index in [4.69, 9.17) is 11.0 Å². The number of nitrogens with two attached hydrogens (primary N) is 1. The Morgan fingerprint density at radius 3 is 2.82 bits per heavy atom. The molecule has 0 aromatic heterocycles. The van der Waals surface area contributed by atoms with Gasteiger partial charge in [-0.2, -0.15) is 5.26 Å². The Morgan fingerprint density at radius 2 is 2.24 bits per heavy atom. The van der Waals surface area contributed by atoms with Crippen molar-refractivity contribution in [3.63, 3.8) is 0 Å². The lowest BCUT2D eigenvalue weighted by Crippen LogP contribution is -2.37. The van der Waals surface area contributed by atoms with Gasteiger partial charge in [0.15, 0.2) is 0 Å². The van der Waals surface area contributed by atoms with E-state index in [1.807, 2.05) is 25.1 Å². The van der Waals surface area contributed by atoms with Crippen molar-refractivity contribution in [1.82, 2.24) is 0 Å². The van der Waals surface area contributed by atoms with Crippen molar-refractivity contribution in [2.45, 2.75) is 13.3 Å². The van der Waals surface area contributed by atoms with Gasteiger partial charge in [-0.1, -0.05) is 12.1 Å². The van der Waals surface area contributed by atoms with Gasteiger partial charge in [0.25, 0.3) is 0 Å². The number of hydrogen-bond donors (Lipinski definition) is 1. The molecule has 1 fully saturated rings. The molecule has 1 unspecified atom stereocenters. The van der Waals surface area contributed by atoms with Gasteiger partial charge in [0.05, 0.1) is 16.7 Å². The number of primary amides is 1. The highest BCUT2D eigenvalue weighted by Crippen LogP contribution is 2.34. The molecule has 1 amide bonds. The Kier molecular flexibility index (Phi) is 2.76. The van der Waals surface area contributed by atoms with Crippen LogP contribution in [-0.4, -0.2) is 19.0 Å². The molecule has 0 radical (unpaired) electrons. The third kappa shape index (κ3) is 1.96. The molecule has 1 heterocycles. The van der Waals surface area contributed by atoms with Crippen LogP contribution >= 0.6 is 0 Å². The van der Waals surface area contributed by atoms with Crippen LogP contribution < -0.4 is 10.6 Å². The molecule has 2 rings (SSSR count). The van der Waals surface area contributed by atoms with Gasteiger partial charge in [0.1, 0.15) is 6.07 Å². The van der Waals surface area contributed by atoms with Gasteiger partial charge < -0.3 is 10.6 Å². The largest absolute Gasteiger partial charge is 0.369 e. The molecule has 17 heavy (non-hydrogen) atoms. The smallest absolute Gasteiger partial charge is 0.225 e. The first-order chi connectivity index (χ1) is 8.07. The molecule has 1 saturated heterocycles. The maximum Gasteiger partial charge on any atom is 0.225 e. The number of nitriles is 1. The van der Waals surface area contributed by atoms with Crippen LogP contribution in [0, 0.1) is 16.7 Å². The number of rotatable bonds is 2. The van der Waals surface area contributed by atoms with E-state index in [9.17, 15) is 4.79 Å². The molecule has 0 saturated carbocycles. The van der Waals surface area contributed by atoms with Gasteiger partial charge in [0, 0.05) is 13.1 Å². The van der Waals surface area contributed by atoms with E-state index in [2.05, 4.69) is 11.0 Å². The number of hydrogen-bond acceptors (Lipinski definition) is 3. The lowest BCUT2D eigenvalue weighted by atomic mass is 9.89. The summed E-state index contributed by atoms with van der Waals surface area (Å²) in [6.45, 7) is 3.23. The normalized spacial score (nSPS) is 23.4. The molecule has 4 nitrogen and oxygen atoms in total. The van der Waals surface area contributed by atoms with Crippen molar-refractivity contribution < 1.29 is 4.79 Å². The first-order valence-electron chi connectivity index (χ1n) is 5.61. The van der Waals surface area contributed by atoms with Gasteiger partial charge >= 0.3 is 0 Å². The topological polar surface area (TPSA) is 70.1 Å². The lowest BCUT2D eigenvalue weighted by Gasteiger charge is -2.23. The summed E-state index contributed by atoms with van der Waals surface area (Å²) in [5.41, 5.74) is 6.46. The van der Waals surface area contributed by atoms with E-state index < -0.39 is 5.41 Å². The number of benzene rings is 1. The highest BCUT2D eigenvalue weighted by atomic mass is 16.1. The fourth-order valence-corrected chi connectivity index (χ4v) is 2.21. The van der Waals surface area contributed by atoms with Crippen LogP contribution in [0.15, 0.2) is 24.3 Å². The van der Waals surface area contributed by atoms with Crippen LogP contribution in [0.4, 0.5) is 5.69 Å². The first-order valence-corrected chi connectivity index (χ1v) is 5.61. The zero-order chi connectivity index (χ0) is 12.5. The number of nitrogens with zero attached hydrogens (tertiary/aromatic N) is 2. The first kappa shape index (κ1) is 11.5. The zero-order valence-corrected chi connectivity index (χ0v) is 9.81. The van der Waals surface area contributed by atoms with Crippen LogP contribution in [0.5, 0.6) is 0 Å². The summed E-state index contributed by atoms with van der Waals surface area (Å²) < 4.78 is 0. The Bertz CT molecular complexity index is 492. The summed E-state index contributed by atoms with van der Waals surface area (Å²) in [5, 5.41) is 9.05. The third-order valence-electron chi connectivity index (χ3n) is 3.43. The molecule has 0 bridgehead atoms. The minimum absolute atomic E-state index is 0.269. The van der Waals surface area contributed by atoms with Gasteiger partial charge in [-0.3, -0.25) is 4.79 Å². The molecule has 88 valence electrons. The van der Waals surface area contributed by atoms with E-state index >= 15 is 0 Å². The average molecular weight is 229 g/mol. The van der Waals surface area contributed by atoms with Gasteiger partial charge in [0.2, 0.25) is 5.91 Å². The maximum atomic E-state index is 11.4. The number of para-hydroxylation sites is 1. The minimum atomic E-state index is -0.484. The maximum absolute atomic E-state index is 11.4. The van der Waals surface area contributed by atoms with E-state index in [-0.39, 0.29) is 5.91 Å². The summed E-state index contributed by atoms with van der Waals surface area (Å²) in [5.74, 6) is -0.269. The van der Waals surface area contributed by atoms with Gasteiger partial charge in [-0.25, -0.2) is 0 Å². The van der Waals surface area contributed by atoms with Crippen molar-refractivity contribution in [2.24, 2.45) is 11.1 Å². The molecule has 1 aliphatic heterocycles. The third-order valence-corrected chi connectivity index (χ3v) is 3.43. The summed E-state index contributed by atoms with van der Waals surface area (Å²) in [4.78, 5) is 13.4.